The molecule has 0 radical (unpaired) electrons. The number of hydrogen-bond donors (Lipinski definition) is 2. The molecule has 2 rings (SSSR count). The van der Waals surface area contributed by atoms with Gasteiger partial charge in [0, 0.05) is 6.04 Å². The van der Waals surface area contributed by atoms with Crippen molar-refractivity contribution in [2.75, 3.05) is 5.32 Å². The lowest BCUT2D eigenvalue weighted by atomic mass is 10.1. The molecule has 2 unspecified atom stereocenters. The molecule has 1 heterocycles. The Kier molecular flexibility index (Phi) is 3.65. The van der Waals surface area contributed by atoms with Gasteiger partial charge in [-0.05, 0) is 38.7 Å². The highest BCUT2D eigenvalue weighted by molar-refractivity contribution is 5.70. The van der Waals surface area contributed by atoms with Crippen LogP contribution in [0.25, 0.3) is 0 Å². The van der Waals surface area contributed by atoms with Gasteiger partial charge < -0.3 is 10.4 Å². The maximum Gasteiger partial charge on any atom is 0.306 e. The van der Waals surface area contributed by atoms with Crippen LogP contribution in [0.1, 0.15) is 36.1 Å². The van der Waals surface area contributed by atoms with E-state index in [1.165, 1.54) is 0 Å². The molecule has 0 aromatic carbocycles. The summed E-state index contributed by atoms with van der Waals surface area (Å²) in [5.74, 6) is -0.597. The third-order valence-corrected chi connectivity index (χ3v) is 3.69. The minimum absolute atomic E-state index is 0.0459. The number of carboxylic acids is 1. The third kappa shape index (κ3) is 2.65. The average Bonchev–Trinajstić information content (AvgIpc) is 2.83. The van der Waals surface area contributed by atoms with Crippen LogP contribution in [0.5, 0.6) is 0 Å². The summed E-state index contributed by atoms with van der Waals surface area (Å²) in [7, 11) is 0. The summed E-state index contributed by atoms with van der Waals surface area (Å²) in [4.78, 5) is 10.9. The van der Waals surface area contributed by atoms with Crippen LogP contribution in [0.15, 0.2) is 0 Å². The molecule has 0 saturated heterocycles. The van der Waals surface area contributed by atoms with Gasteiger partial charge >= 0.3 is 5.97 Å². The molecule has 1 aromatic heterocycles. The predicted molar refractivity (Wildman–Crippen MR) is 68.6 cm³/mol. The van der Waals surface area contributed by atoms with Gasteiger partial charge in [-0.3, -0.25) is 4.79 Å². The van der Waals surface area contributed by atoms with E-state index in [9.17, 15) is 10.1 Å². The van der Waals surface area contributed by atoms with E-state index in [1.807, 2.05) is 13.8 Å². The zero-order valence-electron chi connectivity index (χ0n) is 11.0. The number of aryl methyl sites for hydroxylation is 1. The molecule has 0 amide bonds. The molecule has 6 nitrogen and oxygen atoms in total. The molecule has 1 aliphatic rings. The Labute approximate surface area is 111 Å². The van der Waals surface area contributed by atoms with E-state index >= 15 is 0 Å². The Bertz CT molecular complexity index is 550. The van der Waals surface area contributed by atoms with Crippen LogP contribution in [0.3, 0.4) is 0 Å². The van der Waals surface area contributed by atoms with Crippen LogP contribution < -0.4 is 5.32 Å². The Hall–Kier alpha value is -2.16. The Balaban J connectivity index is 2.15. The molecule has 1 aromatic rings. The minimum atomic E-state index is -0.754. The minimum Gasteiger partial charge on any atom is -0.481 e. The van der Waals surface area contributed by atoms with Crippen molar-refractivity contribution in [1.29, 1.82) is 5.26 Å². The summed E-state index contributed by atoms with van der Waals surface area (Å²) in [6.07, 6.45) is 2.00. The smallest absolute Gasteiger partial charge is 0.306 e. The quantitative estimate of drug-likeness (QED) is 0.857. The van der Waals surface area contributed by atoms with Crippen LogP contribution in [0, 0.1) is 31.1 Å². The highest BCUT2D eigenvalue weighted by Crippen LogP contribution is 2.29. The van der Waals surface area contributed by atoms with Crippen molar-refractivity contribution in [2.45, 2.75) is 39.2 Å². The van der Waals surface area contributed by atoms with Crippen LogP contribution in [-0.4, -0.2) is 27.3 Å². The van der Waals surface area contributed by atoms with Gasteiger partial charge in [0.15, 0.2) is 5.82 Å². The first-order valence-electron chi connectivity index (χ1n) is 6.26. The largest absolute Gasteiger partial charge is 0.481 e. The van der Waals surface area contributed by atoms with E-state index in [4.69, 9.17) is 5.11 Å². The fourth-order valence-electron chi connectivity index (χ4n) is 2.38. The average molecular weight is 260 g/mol. The van der Waals surface area contributed by atoms with Gasteiger partial charge in [-0.25, -0.2) is 0 Å². The summed E-state index contributed by atoms with van der Waals surface area (Å²) in [6, 6.07) is 2.18. The molecule has 2 N–H and O–H groups in total. The van der Waals surface area contributed by atoms with Crippen molar-refractivity contribution >= 4 is 11.8 Å². The summed E-state index contributed by atoms with van der Waals surface area (Å²) in [5.41, 5.74) is 2.04. The number of carboxylic acid groups (broad SMARTS) is 1. The van der Waals surface area contributed by atoms with Gasteiger partial charge in [-0.1, -0.05) is 0 Å². The van der Waals surface area contributed by atoms with Crippen LogP contribution >= 0.6 is 0 Å². The topological polar surface area (TPSA) is 98.9 Å². The number of rotatable bonds is 3. The SMILES string of the molecule is Cc1nnc(NC2CCC(C(=O)O)C2)c(C#N)c1C. The highest BCUT2D eigenvalue weighted by atomic mass is 16.4. The molecule has 1 saturated carbocycles. The fourth-order valence-corrected chi connectivity index (χ4v) is 2.38. The molecule has 0 bridgehead atoms. The molecule has 1 aliphatic carbocycles. The molecule has 6 heteroatoms. The first kappa shape index (κ1) is 13.3. The number of carbonyl (C=O) groups is 1. The summed E-state index contributed by atoms with van der Waals surface area (Å²) < 4.78 is 0. The van der Waals surface area contributed by atoms with Crippen molar-refractivity contribution in [3.05, 3.63) is 16.8 Å². The summed E-state index contributed by atoms with van der Waals surface area (Å²) in [5, 5.41) is 29.3. The molecular weight excluding hydrogens is 244 g/mol. The van der Waals surface area contributed by atoms with Crippen molar-refractivity contribution in [1.82, 2.24) is 10.2 Å². The molecule has 1 fully saturated rings. The second-order valence-electron chi connectivity index (χ2n) is 4.94. The molecular formula is C13H16N4O2. The number of nitriles is 1. The normalized spacial score (nSPS) is 21.9. The second kappa shape index (κ2) is 5.22. The van der Waals surface area contributed by atoms with E-state index in [1.54, 1.807) is 0 Å². The van der Waals surface area contributed by atoms with Gasteiger partial charge in [-0.2, -0.15) is 10.4 Å². The zero-order valence-corrected chi connectivity index (χ0v) is 11.0. The second-order valence-corrected chi connectivity index (χ2v) is 4.94. The van der Waals surface area contributed by atoms with Crippen molar-refractivity contribution in [3.8, 4) is 6.07 Å². The maximum absolute atomic E-state index is 10.9. The van der Waals surface area contributed by atoms with E-state index in [2.05, 4.69) is 21.6 Å². The molecule has 100 valence electrons. The van der Waals surface area contributed by atoms with E-state index in [0.29, 0.717) is 24.2 Å². The fraction of sp³-hybridized carbons (Fsp3) is 0.538. The lowest BCUT2D eigenvalue weighted by Gasteiger charge is -2.15. The number of nitrogens with one attached hydrogen (secondary N) is 1. The third-order valence-electron chi connectivity index (χ3n) is 3.69. The lowest BCUT2D eigenvalue weighted by molar-refractivity contribution is -0.141. The van der Waals surface area contributed by atoms with E-state index in [0.717, 1.165) is 17.7 Å². The van der Waals surface area contributed by atoms with Crippen LogP contribution in [-0.2, 0) is 4.79 Å². The number of nitrogens with zero attached hydrogens (tertiary/aromatic N) is 3. The Morgan fingerprint density at radius 2 is 2.16 bits per heavy atom. The number of aliphatic carboxylic acids is 1. The van der Waals surface area contributed by atoms with Gasteiger partial charge in [0.2, 0.25) is 0 Å². The maximum atomic E-state index is 10.9. The Morgan fingerprint density at radius 3 is 2.74 bits per heavy atom. The van der Waals surface area contributed by atoms with Gasteiger partial charge in [0.1, 0.15) is 11.6 Å². The first-order valence-corrected chi connectivity index (χ1v) is 6.26. The monoisotopic (exact) mass is 260 g/mol. The van der Waals surface area contributed by atoms with Crippen molar-refractivity contribution in [2.24, 2.45) is 5.92 Å². The molecule has 0 aliphatic heterocycles. The van der Waals surface area contributed by atoms with Gasteiger partial charge in [0.25, 0.3) is 0 Å². The van der Waals surface area contributed by atoms with Crippen molar-refractivity contribution in [3.63, 3.8) is 0 Å². The lowest BCUT2D eigenvalue weighted by Crippen LogP contribution is -2.20. The Morgan fingerprint density at radius 1 is 1.42 bits per heavy atom. The molecule has 0 spiro atoms. The van der Waals surface area contributed by atoms with Gasteiger partial charge in [0.05, 0.1) is 11.6 Å². The van der Waals surface area contributed by atoms with E-state index < -0.39 is 5.97 Å². The molecule has 19 heavy (non-hydrogen) atoms. The predicted octanol–water partition coefficient (Wildman–Crippen LogP) is 1.63. The first-order chi connectivity index (χ1) is 9.02. The standard InChI is InChI=1S/C13H16N4O2/c1-7-8(2)16-17-12(11(7)6-14)15-10-4-3-9(5-10)13(18)19/h9-10H,3-5H2,1-2H3,(H,15,17)(H,18,19). The van der Waals surface area contributed by atoms with Crippen molar-refractivity contribution < 1.29 is 9.90 Å². The summed E-state index contributed by atoms with van der Waals surface area (Å²) >= 11 is 0. The van der Waals surface area contributed by atoms with Crippen LogP contribution in [0.4, 0.5) is 5.82 Å². The zero-order chi connectivity index (χ0) is 14.0. The van der Waals surface area contributed by atoms with Crippen LogP contribution in [0.2, 0.25) is 0 Å². The molecule has 2 atom stereocenters. The number of hydrogen-bond acceptors (Lipinski definition) is 5. The van der Waals surface area contributed by atoms with E-state index in [-0.39, 0.29) is 12.0 Å². The van der Waals surface area contributed by atoms with Gasteiger partial charge in [-0.15, -0.1) is 5.10 Å². The summed E-state index contributed by atoms with van der Waals surface area (Å²) in [6.45, 7) is 3.64. The highest BCUT2D eigenvalue weighted by Gasteiger charge is 2.30. The number of anilines is 1. The number of aromatic nitrogens is 2.